The number of likely N-dealkylation sites (tertiary alicyclic amines) is 1. The lowest BCUT2D eigenvalue weighted by Gasteiger charge is -2.36. The number of para-hydroxylation sites is 2. The van der Waals surface area contributed by atoms with E-state index in [0.29, 0.717) is 27.1 Å². The molecule has 42 heavy (non-hydrogen) atoms. The lowest BCUT2D eigenvalue weighted by Crippen LogP contribution is -2.58. The van der Waals surface area contributed by atoms with Crippen LogP contribution in [0.1, 0.15) is 37.7 Å². The van der Waals surface area contributed by atoms with Gasteiger partial charge in [0.05, 0.1) is 24.5 Å². The highest BCUT2D eigenvalue weighted by Gasteiger charge is 2.72. The van der Waals surface area contributed by atoms with Crippen LogP contribution in [0.3, 0.4) is 0 Å². The number of carbonyl (C=O) groups is 3. The molecule has 4 heterocycles. The van der Waals surface area contributed by atoms with Crippen LogP contribution in [-0.2, 0) is 25.5 Å². The molecule has 2 aromatic rings. The first-order valence-corrected chi connectivity index (χ1v) is 15.4. The minimum Gasteiger partial charge on any atom is -0.486 e. The van der Waals surface area contributed by atoms with Crippen molar-refractivity contribution in [2.75, 3.05) is 13.2 Å². The van der Waals surface area contributed by atoms with Crippen LogP contribution in [0, 0.1) is 11.8 Å². The molecule has 0 aromatic heterocycles. The van der Waals surface area contributed by atoms with E-state index in [9.17, 15) is 14.4 Å². The predicted molar refractivity (Wildman–Crippen MR) is 156 cm³/mol. The second-order valence-corrected chi connectivity index (χ2v) is 12.8. The maximum Gasteiger partial charge on any atom is 0.246 e. The molecule has 1 aliphatic carbocycles. The number of fused-ring (bicyclic) bond motifs is 2. The standard InChI is InChI=1S/C32H32Cl2N2O6/c33-19-12-18(13-20(34)15-19)14-23(37)27-26-10-11-32(42-26)28(27)31(39)36(29(32)30(38)35-21-6-2-1-3-7-21)16-22-17-40-24-8-4-5-9-25(24)41-22/h4-5,8-13,15,21-22,26-29H,1-3,6-7,14,16-17H2,(H,35,38). The van der Waals surface area contributed by atoms with Crippen molar-refractivity contribution >= 4 is 40.8 Å². The molecule has 0 radical (unpaired) electrons. The summed E-state index contributed by atoms with van der Waals surface area (Å²) in [6.07, 6.45) is 7.71. The Morgan fingerprint density at radius 1 is 1.02 bits per heavy atom. The molecule has 10 heteroatoms. The number of rotatable bonds is 7. The quantitative estimate of drug-likeness (QED) is 0.462. The number of ketones is 1. The van der Waals surface area contributed by atoms with E-state index in [1.807, 2.05) is 36.4 Å². The van der Waals surface area contributed by atoms with Gasteiger partial charge < -0.3 is 24.4 Å². The van der Waals surface area contributed by atoms with E-state index >= 15 is 0 Å². The van der Waals surface area contributed by atoms with Crippen molar-refractivity contribution in [1.29, 1.82) is 0 Å². The van der Waals surface area contributed by atoms with E-state index in [-0.39, 0.29) is 43.2 Å². The highest BCUT2D eigenvalue weighted by molar-refractivity contribution is 6.34. The van der Waals surface area contributed by atoms with Gasteiger partial charge in [0, 0.05) is 22.5 Å². The average molecular weight is 612 g/mol. The third-order valence-electron chi connectivity index (χ3n) is 9.21. The molecule has 2 aromatic carbocycles. The largest absolute Gasteiger partial charge is 0.486 e. The Balaban J connectivity index is 1.19. The van der Waals surface area contributed by atoms with Crippen LogP contribution in [0.5, 0.6) is 11.5 Å². The molecular formula is C32H32Cl2N2O6. The summed E-state index contributed by atoms with van der Waals surface area (Å²) in [5.74, 6) is -1.02. The monoisotopic (exact) mass is 610 g/mol. The Morgan fingerprint density at radius 2 is 1.76 bits per heavy atom. The van der Waals surface area contributed by atoms with Gasteiger partial charge in [0.25, 0.3) is 0 Å². The van der Waals surface area contributed by atoms with E-state index in [0.717, 1.165) is 32.1 Å². The maximum absolute atomic E-state index is 14.3. The van der Waals surface area contributed by atoms with Gasteiger partial charge in [-0.1, -0.05) is 66.7 Å². The number of amides is 2. The van der Waals surface area contributed by atoms with Gasteiger partial charge in [-0.15, -0.1) is 0 Å². The number of nitrogens with one attached hydrogen (secondary N) is 1. The fourth-order valence-electron chi connectivity index (χ4n) is 7.46. The topological polar surface area (TPSA) is 94.2 Å². The Kier molecular flexibility index (Phi) is 7.19. The van der Waals surface area contributed by atoms with Crippen molar-refractivity contribution in [1.82, 2.24) is 10.2 Å². The number of Topliss-reactive ketones (excluding diaryl/α,β-unsaturated/α-hetero) is 1. The molecule has 3 fully saturated rings. The average Bonchev–Trinajstić information content (AvgIpc) is 3.60. The van der Waals surface area contributed by atoms with Crippen LogP contribution in [0.4, 0.5) is 0 Å². The first-order chi connectivity index (χ1) is 20.3. The number of hydrogen-bond donors (Lipinski definition) is 1. The van der Waals surface area contributed by atoms with Crippen molar-refractivity contribution in [2.45, 2.75) is 68.4 Å². The fourth-order valence-corrected chi connectivity index (χ4v) is 8.04. The number of halogens is 2. The van der Waals surface area contributed by atoms with Gasteiger partial charge in [0.2, 0.25) is 11.8 Å². The number of carbonyl (C=O) groups excluding carboxylic acids is 3. The summed E-state index contributed by atoms with van der Waals surface area (Å²) in [5.41, 5.74) is -0.570. The summed E-state index contributed by atoms with van der Waals surface area (Å²) in [6, 6.07) is 11.5. The van der Waals surface area contributed by atoms with Gasteiger partial charge in [-0.3, -0.25) is 14.4 Å². The van der Waals surface area contributed by atoms with Crippen molar-refractivity contribution in [3.8, 4) is 11.5 Å². The molecule has 5 aliphatic rings. The van der Waals surface area contributed by atoms with Crippen LogP contribution < -0.4 is 14.8 Å². The molecule has 2 amide bonds. The Labute approximate surface area is 254 Å². The van der Waals surface area contributed by atoms with Crippen LogP contribution >= 0.6 is 23.2 Å². The third kappa shape index (κ3) is 4.77. The first kappa shape index (κ1) is 27.7. The van der Waals surface area contributed by atoms with Crippen molar-refractivity contribution in [2.24, 2.45) is 11.8 Å². The van der Waals surface area contributed by atoms with Crippen molar-refractivity contribution in [3.63, 3.8) is 0 Å². The second kappa shape index (κ2) is 10.9. The Bertz CT molecular complexity index is 1440. The van der Waals surface area contributed by atoms with Gasteiger partial charge in [-0.05, 0) is 48.7 Å². The maximum atomic E-state index is 14.3. The molecule has 1 saturated carbocycles. The molecule has 220 valence electrons. The lowest BCUT2D eigenvalue weighted by molar-refractivity contribution is -0.143. The summed E-state index contributed by atoms with van der Waals surface area (Å²) in [7, 11) is 0. The van der Waals surface area contributed by atoms with E-state index < -0.39 is 35.7 Å². The molecule has 4 aliphatic heterocycles. The van der Waals surface area contributed by atoms with E-state index in [4.69, 9.17) is 37.4 Å². The summed E-state index contributed by atoms with van der Waals surface area (Å²) in [6.45, 7) is 0.355. The van der Waals surface area contributed by atoms with Crippen LogP contribution in [-0.4, -0.2) is 65.5 Å². The number of benzene rings is 2. The zero-order chi connectivity index (χ0) is 29.0. The molecule has 2 saturated heterocycles. The summed E-state index contributed by atoms with van der Waals surface area (Å²) < 4.78 is 18.6. The summed E-state index contributed by atoms with van der Waals surface area (Å²) >= 11 is 12.4. The van der Waals surface area contributed by atoms with E-state index in [2.05, 4.69) is 5.32 Å². The molecule has 6 unspecified atom stereocenters. The zero-order valence-electron chi connectivity index (χ0n) is 23.0. The van der Waals surface area contributed by atoms with Crippen LogP contribution in [0.2, 0.25) is 10.0 Å². The van der Waals surface area contributed by atoms with Crippen LogP contribution in [0.15, 0.2) is 54.6 Å². The first-order valence-electron chi connectivity index (χ1n) is 14.7. The molecule has 1 spiro atoms. The van der Waals surface area contributed by atoms with Gasteiger partial charge >= 0.3 is 0 Å². The Morgan fingerprint density at radius 3 is 2.52 bits per heavy atom. The molecule has 2 bridgehead atoms. The number of hydrogen-bond acceptors (Lipinski definition) is 6. The van der Waals surface area contributed by atoms with Gasteiger partial charge in [0.15, 0.2) is 17.6 Å². The number of nitrogens with zero attached hydrogens (tertiary/aromatic N) is 1. The highest BCUT2D eigenvalue weighted by atomic mass is 35.5. The molecule has 1 N–H and O–H groups in total. The Hall–Kier alpha value is -3.07. The zero-order valence-corrected chi connectivity index (χ0v) is 24.5. The van der Waals surface area contributed by atoms with Gasteiger partial charge in [-0.25, -0.2) is 0 Å². The molecule has 6 atom stereocenters. The van der Waals surface area contributed by atoms with Crippen molar-refractivity contribution < 1.29 is 28.6 Å². The molecule has 7 rings (SSSR count). The normalized spacial score (nSPS) is 31.3. The minimum atomic E-state index is -1.24. The molecule has 8 nitrogen and oxygen atoms in total. The fraction of sp³-hybridized carbons (Fsp3) is 0.469. The van der Waals surface area contributed by atoms with Gasteiger partial charge in [0.1, 0.15) is 24.0 Å². The summed E-state index contributed by atoms with van der Waals surface area (Å²) in [4.78, 5) is 43.8. The van der Waals surface area contributed by atoms with Crippen molar-refractivity contribution in [3.05, 3.63) is 70.2 Å². The van der Waals surface area contributed by atoms with Crippen LogP contribution in [0.25, 0.3) is 0 Å². The third-order valence-corrected chi connectivity index (χ3v) is 9.65. The smallest absolute Gasteiger partial charge is 0.246 e. The predicted octanol–water partition coefficient (Wildman–Crippen LogP) is 4.54. The SMILES string of the molecule is O=C(Cc1cc(Cl)cc(Cl)c1)C1C2C=CC3(O2)C1C(=O)N(CC1COc2ccccc2O1)C3C(=O)NC1CCCCC1. The number of ether oxygens (including phenoxy) is 3. The van der Waals surface area contributed by atoms with E-state index in [1.165, 1.54) is 0 Å². The van der Waals surface area contributed by atoms with Gasteiger partial charge in [-0.2, -0.15) is 0 Å². The second-order valence-electron chi connectivity index (χ2n) is 12.0. The lowest BCUT2D eigenvalue weighted by atomic mass is 9.72. The minimum absolute atomic E-state index is 0.0485. The summed E-state index contributed by atoms with van der Waals surface area (Å²) in [5, 5.41) is 4.09. The highest BCUT2D eigenvalue weighted by Crippen LogP contribution is 2.55. The molecular weight excluding hydrogens is 579 g/mol. The van der Waals surface area contributed by atoms with E-state index in [1.54, 1.807) is 23.1 Å².